The van der Waals surface area contributed by atoms with E-state index in [2.05, 4.69) is 15.0 Å². The molecule has 2 heterocycles. The number of hydrogen-bond donors (Lipinski definition) is 1. The topological polar surface area (TPSA) is 69.1 Å². The molecule has 2 aromatic rings. The summed E-state index contributed by atoms with van der Waals surface area (Å²) in [5.74, 6) is 0.825. The van der Waals surface area contributed by atoms with Crippen molar-refractivity contribution >= 4 is 11.7 Å². The van der Waals surface area contributed by atoms with Crippen LogP contribution in [0.3, 0.4) is 0 Å². The minimum Gasteiger partial charge on any atom is -0.368 e. The number of nitrogens with zero attached hydrogens (tertiary/aromatic N) is 4. The number of anilines is 1. The minimum atomic E-state index is 0.249. The Hall–Kier alpha value is -1.65. The molecule has 0 aliphatic rings. The quantitative estimate of drug-likeness (QED) is 0.538. The molecule has 0 aromatic carbocycles. The largest absolute Gasteiger partial charge is 0.368 e. The van der Waals surface area contributed by atoms with Crippen LogP contribution in [0.25, 0.3) is 5.78 Å². The molecule has 2 N–H and O–H groups in total. The fraction of sp³-hybridized carbons (Fsp3) is 0. The van der Waals surface area contributed by atoms with Gasteiger partial charge in [0.15, 0.2) is 0 Å². The van der Waals surface area contributed by atoms with E-state index in [1.54, 1.807) is 23.1 Å². The number of hydrogen-bond acceptors (Lipinski definition) is 4. The number of nitrogens with two attached hydrogens (primary N) is 1. The Morgan fingerprint density at radius 3 is 3.20 bits per heavy atom. The van der Waals surface area contributed by atoms with Crippen molar-refractivity contribution in [3.8, 4) is 0 Å². The van der Waals surface area contributed by atoms with Crippen molar-refractivity contribution < 1.29 is 0 Å². The molecular weight excluding hydrogens is 130 g/mol. The van der Waals surface area contributed by atoms with Crippen LogP contribution in [0.4, 0.5) is 5.95 Å². The molecule has 0 fully saturated rings. The first-order valence-electron chi connectivity index (χ1n) is 2.77. The lowest BCUT2D eigenvalue weighted by atomic mass is 10.9. The van der Waals surface area contributed by atoms with Crippen LogP contribution in [-0.4, -0.2) is 19.4 Å². The van der Waals surface area contributed by atoms with Crippen molar-refractivity contribution in [2.45, 2.75) is 0 Å². The lowest BCUT2D eigenvalue weighted by Crippen LogP contribution is -1.97. The van der Waals surface area contributed by atoms with Gasteiger partial charge in [-0.25, -0.2) is 9.97 Å². The van der Waals surface area contributed by atoms with Gasteiger partial charge in [-0.1, -0.05) is 0 Å². The number of aromatic nitrogens is 4. The van der Waals surface area contributed by atoms with E-state index in [9.17, 15) is 0 Å². The van der Waals surface area contributed by atoms with Crippen molar-refractivity contribution in [1.82, 2.24) is 19.4 Å². The van der Waals surface area contributed by atoms with Crippen LogP contribution in [0.15, 0.2) is 18.7 Å². The Morgan fingerprint density at radius 1 is 1.40 bits per heavy atom. The van der Waals surface area contributed by atoms with E-state index >= 15 is 0 Å². The first-order valence-corrected chi connectivity index (χ1v) is 2.77. The first kappa shape index (κ1) is 5.16. The van der Waals surface area contributed by atoms with Gasteiger partial charge < -0.3 is 5.73 Å². The average Bonchev–Trinajstić information content (AvgIpc) is 2.33. The minimum absolute atomic E-state index is 0.249. The van der Waals surface area contributed by atoms with Gasteiger partial charge in [0, 0.05) is 12.4 Å². The van der Waals surface area contributed by atoms with Crippen molar-refractivity contribution in [1.29, 1.82) is 0 Å². The molecule has 0 spiro atoms. The molecule has 10 heavy (non-hydrogen) atoms. The highest BCUT2D eigenvalue weighted by Crippen LogP contribution is 1.95. The summed E-state index contributed by atoms with van der Waals surface area (Å²) in [4.78, 5) is 11.5. The second-order valence-electron chi connectivity index (χ2n) is 1.85. The molecule has 0 aliphatic carbocycles. The van der Waals surface area contributed by atoms with Crippen molar-refractivity contribution in [3.63, 3.8) is 0 Å². The summed E-state index contributed by atoms with van der Waals surface area (Å²) < 4.78 is 1.69. The third-order valence-electron chi connectivity index (χ3n) is 1.18. The molecule has 0 radical (unpaired) electrons. The monoisotopic (exact) mass is 135 g/mol. The fourth-order valence-corrected chi connectivity index (χ4v) is 0.735. The van der Waals surface area contributed by atoms with Gasteiger partial charge in [0.25, 0.3) is 0 Å². The third kappa shape index (κ3) is 0.604. The van der Waals surface area contributed by atoms with E-state index in [-0.39, 0.29) is 5.95 Å². The predicted octanol–water partition coefficient (Wildman–Crippen LogP) is -0.294. The maximum Gasteiger partial charge on any atom is 0.238 e. The van der Waals surface area contributed by atoms with Crippen LogP contribution >= 0.6 is 0 Å². The molecule has 50 valence electrons. The summed E-state index contributed by atoms with van der Waals surface area (Å²) in [6, 6.07) is 0. The highest BCUT2D eigenvalue weighted by atomic mass is 15.2. The maximum atomic E-state index is 5.31. The number of fused-ring (bicyclic) bond motifs is 1. The zero-order valence-corrected chi connectivity index (χ0v) is 5.10. The zero-order valence-electron chi connectivity index (χ0n) is 5.10. The molecular formula is C5H5N5. The van der Waals surface area contributed by atoms with Crippen LogP contribution in [0.1, 0.15) is 0 Å². The van der Waals surface area contributed by atoms with Crippen molar-refractivity contribution in [3.05, 3.63) is 18.7 Å². The second-order valence-corrected chi connectivity index (χ2v) is 1.85. The summed E-state index contributed by atoms with van der Waals surface area (Å²) >= 11 is 0. The van der Waals surface area contributed by atoms with Gasteiger partial charge >= 0.3 is 0 Å². The normalized spacial score (nSPS) is 10.4. The van der Waals surface area contributed by atoms with Crippen molar-refractivity contribution in [2.24, 2.45) is 0 Å². The Balaban J connectivity index is 2.86. The van der Waals surface area contributed by atoms with Gasteiger partial charge in [-0.2, -0.15) is 4.98 Å². The summed E-state index contributed by atoms with van der Waals surface area (Å²) in [5.41, 5.74) is 5.31. The lowest BCUT2D eigenvalue weighted by Gasteiger charge is -1.90. The number of rotatable bonds is 0. The van der Waals surface area contributed by atoms with E-state index in [1.165, 1.54) is 0 Å². The van der Waals surface area contributed by atoms with Gasteiger partial charge in [0.1, 0.15) is 6.33 Å². The fourth-order valence-electron chi connectivity index (χ4n) is 0.735. The van der Waals surface area contributed by atoms with E-state index in [1.807, 2.05) is 0 Å². The van der Waals surface area contributed by atoms with E-state index in [0.717, 1.165) is 0 Å². The van der Waals surface area contributed by atoms with Gasteiger partial charge in [-0.15, -0.1) is 0 Å². The average molecular weight is 135 g/mol. The lowest BCUT2D eigenvalue weighted by molar-refractivity contribution is 1.02. The maximum absolute atomic E-state index is 5.31. The molecule has 2 aromatic heterocycles. The van der Waals surface area contributed by atoms with Crippen LogP contribution in [0.5, 0.6) is 0 Å². The van der Waals surface area contributed by atoms with E-state index < -0.39 is 0 Å². The van der Waals surface area contributed by atoms with Crippen molar-refractivity contribution in [2.75, 3.05) is 5.73 Å². The van der Waals surface area contributed by atoms with Crippen LogP contribution in [-0.2, 0) is 0 Å². The molecule has 0 bridgehead atoms. The third-order valence-corrected chi connectivity index (χ3v) is 1.18. The van der Waals surface area contributed by atoms with Gasteiger partial charge in [-0.05, 0) is 0 Å². The molecule has 0 unspecified atom stereocenters. The Kier molecular flexibility index (Phi) is 0.858. The molecule has 0 saturated heterocycles. The van der Waals surface area contributed by atoms with E-state index in [0.29, 0.717) is 5.78 Å². The standard InChI is InChI=1S/C5H5N5/c6-4-8-3-10-2-1-7-5(10)9-4/h1-3H,(H2,6,7,9). The summed E-state index contributed by atoms with van der Waals surface area (Å²) in [5, 5.41) is 0. The zero-order chi connectivity index (χ0) is 6.97. The van der Waals surface area contributed by atoms with Crippen LogP contribution in [0.2, 0.25) is 0 Å². The first-order chi connectivity index (χ1) is 4.86. The smallest absolute Gasteiger partial charge is 0.238 e. The Labute approximate surface area is 56.5 Å². The Bertz CT molecular complexity index is 352. The van der Waals surface area contributed by atoms with Crippen LogP contribution in [0, 0.1) is 0 Å². The van der Waals surface area contributed by atoms with E-state index in [4.69, 9.17) is 5.73 Å². The molecule has 0 saturated carbocycles. The summed E-state index contributed by atoms with van der Waals surface area (Å²) in [6.45, 7) is 0. The van der Waals surface area contributed by atoms with Gasteiger partial charge in [0.2, 0.25) is 11.7 Å². The highest BCUT2D eigenvalue weighted by Gasteiger charge is 1.93. The van der Waals surface area contributed by atoms with Gasteiger partial charge in [-0.3, -0.25) is 4.40 Å². The highest BCUT2D eigenvalue weighted by molar-refractivity contribution is 5.31. The van der Waals surface area contributed by atoms with Gasteiger partial charge in [0.05, 0.1) is 0 Å². The molecule has 5 nitrogen and oxygen atoms in total. The molecule has 0 atom stereocenters. The van der Waals surface area contributed by atoms with Crippen LogP contribution < -0.4 is 5.73 Å². The molecule has 0 amide bonds. The second kappa shape index (κ2) is 1.66. The number of imidazole rings is 1. The summed E-state index contributed by atoms with van der Waals surface area (Å²) in [7, 11) is 0. The summed E-state index contributed by atoms with van der Waals surface area (Å²) in [6.07, 6.45) is 4.98. The Morgan fingerprint density at radius 2 is 2.30 bits per heavy atom. The molecule has 5 heteroatoms. The predicted molar refractivity (Wildman–Crippen MR) is 35.2 cm³/mol. The number of nitrogen functional groups attached to an aromatic ring is 1. The molecule has 0 aliphatic heterocycles. The SMILES string of the molecule is Nc1ncn2ccnc2n1. The molecule has 2 rings (SSSR count).